The minimum Gasteiger partial charge on any atom is -0.325 e. The highest BCUT2D eigenvalue weighted by Crippen LogP contribution is 2.30. The maximum absolute atomic E-state index is 12.6. The van der Waals surface area contributed by atoms with Gasteiger partial charge < -0.3 is 15.2 Å². The van der Waals surface area contributed by atoms with Crippen LogP contribution in [-0.4, -0.2) is 37.3 Å². The molecule has 0 saturated heterocycles. The molecule has 0 spiro atoms. The second-order valence-electron chi connectivity index (χ2n) is 8.08. The summed E-state index contributed by atoms with van der Waals surface area (Å²) < 4.78 is 1.74. The predicted octanol–water partition coefficient (Wildman–Crippen LogP) is 4.78. The van der Waals surface area contributed by atoms with Crippen molar-refractivity contribution in [1.29, 1.82) is 0 Å². The molecule has 0 aliphatic carbocycles. The Hall–Kier alpha value is -3.50. The number of thiazole rings is 1. The van der Waals surface area contributed by atoms with Gasteiger partial charge in [0.15, 0.2) is 10.3 Å². The van der Waals surface area contributed by atoms with Gasteiger partial charge in [-0.2, -0.15) is 0 Å². The highest BCUT2D eigenvalue weighted by molar-refractivity contribution is 7.99. The summed E-state index contributed by atoms with van der Waals surface area (Å²) in [6, 6.07) is 15.8. The number of carbonyl (C=O) groups is 2. The number of benzene rings is 2. The molecule has 0 aliphatic heterocycles. The molecule has 0 saturated carbocycles. The summed E-state index contributed by atoms with van der Waals surface area (Å²) >= 11 is 2.71. The number of thioether (sulfide) groups is 1. The number of nitrogens with one attached hydrogen (secondary N) is 2. The molecule has 2 aromatic carbocycles. The topological polar surface area (TPSA) is 102 Å². The molecule has 4 rings (SSSR count). The van der Waals surface area contributed by atoms with Crippen molar-refractivity contribution >= 4 is 45.7 Å². The first-order valence-electron chi connectivity index (χ1n) is 11.0. The first-order valence-corrected chi connectivity index (χ1v) is 12.8. The first kappa shape index (κ1) is 24.6. The molecular weight excluding hydrogens is 480 g/mol. The Bertz CT molecular complexity index is 1340. The Labute approximate surface area is 212 Å². The van der Waals surface area contributed by atoms with E-state index < -0.39 is 0 Å². The average Bonchev–Trinajstić information content (AvgIpc) is 3.37. The number of aromatic nitrogens is 4. The van der Waals surface area contributed by atoms with E-state index >= 15 is 0 Å². The molecule has 0 unspecified atom stereocenters. The second kappa shape index (κ2) is 10.8. The average molecular weight is 507 g/mol. The Morgan fingerprint density at radius 2 is 1.66 bits per heavy atom. The Morgan fingerprint density at radius 3 is 2.37 bits per heavy atom. The molecule has 180 valence electrons. The number of hydrogen-bond donors (Lipinski definition) is 2. The van der Waals surface area contributed by atoms with Crippen LogP contribution < -0.4 is 10.6 Å². The summed E-state index contributed by atoms with van der Waals surface area (Å²) in [7, 11) is 1.79. The molecule has 4 aromatic rings. The van der Waals surface area contributed by atoms with Crippen molar-refractivity contribution in [1.82, 2.24) is 19.7 Å². The van der Waals surface area contributed by atoms with E-state index in [-0.39, 0.29) is 24.0 Å². The van der Waals surface area contributed by atoms with Crippen LogP contribution in [0.5, 0.6) is 0 Å². The van der Waals surface area contributed by atoms with Crippen LogP contribution in [0.3, 0.4) is 0 Å². The number of anilines is 2. The quantitative estimate of drug-likeness (QED) is 0.334. The number of amides is 2. The van der Waals surface area contributed by atoms with Crippen LogP contribution in [0.15, 0.2) is 53.7 Å². The van der Waals surface area contributed by atoms with E-state index in [1.54, 1.807) is 11.6 Å². The van der Waals surface area contributed by atoms with Crippen molar-refractivity contribution in [3.05, 3.63) is 70.4 Å². The highest BCUT2D eigenvalue weighted by atomic mass is 32.2. The van der Waals surface area contributed by atoms with Crippen molar-refractivity contribution in [2.45, 2.75) is 32.3 Å². The van der Waals surface area contributed by atoms with Gasteiger partial charge in [0.1, 0.15) is 5.82 Å². The molecule has 2 N–H and O–H groups in total. The van der Waals surface area contributed by atoms with Crippen LogP contribution in [0.2, 0.25) is 0 Å². The zero-order valence-electron chi connectivity index (χ0n) is 20.0. The van der Waals surface area contributed by atoms with E-state index in [1.165, 1.54) is 23.1 Å². The zero-order chi connectivity index (χ0) is 24.9. The molecular formula is C25H26N6O2S2. The standard InChI is InChI=1S/C25H26N6O2S2/c1-15-9-8-10-16(2)22(15)26-20(32)13-19-29-30-25(31(19)4)34-14-21(33)27-24-28-23(17(3)35-24)18-11-6-5-7-12-18/h5-12H,13-14H2,1-4H3,(H,26,32)(H,27,28,33). The minimum atomic E-state index is -0.180. The lowest BCUT2D eigenvalue weighted by molar-refractivity contribution is -0.116. The molecule has 35 heavy (non-hydrogen) atoms. The zero-order valence-corrected chi connectivity index (χ0v) is 21.6. The van der Waals surface area contributed by atoms with Crippen molar-refractivity contribution in [3.63, 3.8) is 0 Å². The molecule has 0 fully saturated rings. The summed E-state index contributed by atoms with van der Waals surface area (Å²) in [6.07, 6.45) is 0.0880. The van der Waals surface area contributed by atoms with E-state index in [4.69, 9.17) is 0 Å². The van der Waals surface area contributed by atoms with Gasteiger partial charge >= 0.3 is 0 Å². The monoisotopic (exact) mass is 506 g/mol. The van der Waals surface area contributed by atoms with Crippen molar-refractivity contribution in [2.75, 3.05) is 16.4 Å². The highest BCUT2D eigenvalue weighted by Gasteiger charge is 2.17. The summed E-state index contributed by atoms with van der Waals surface area (Å²) in [5, 5.41) is 15.2. The summed E-state index contributed by atoms with van der Waals surface area (Å²) in [6.45, 7) is 5.91. The van der Waals surface area contributed by atoms with Gasteiger partial charge in [0.25, 0.3) is 0 Å². The fourth-order valence-electron chi connectivity index (χ4n) is 3.56. The van der Waals surface area contributed by atoms with Crippen LogP contribution in [0.4, 0.5) is 10.8 Å². The molecule has 2 aromatic heterocycles. The van der Waals surface area contributed by atoms with Crippen LogP contribution in [-0.2, 0) is 23.1 Å². The third-order valence-corrected chi connectivity index (χ3v) is 7.32. The molecule has 0 bridgehead atoms. The number of carbonyl (C=O) groups excluding carboxylic acids is 2. The number of hydrogen-bond acceptors (Lipinski definition) is 7. The Kier molecular flexibility index (Phi) is 7.62. The van der Waals surface area contributed by atoms with Crippen LogP contribution >= 0.6 is 23.1 Å². The van der Waals surface area contributed by atoms with Gasteiger partial charge in [-0.3, -0.25) is 9.59 Å². The minimum absolute atomic E-state index is 0.0880. The fraction of sp³-hybridized carbons (Fsp3) is 0.240. The Morgan fingerprint density at radius 1 is 0.943 bits per heavy atom. The summed E-state index contributed by atoms with van der Waals surface area (Å²) in [5.41, 5.74) is 4.72. The molecule has 0 aliphatic rings. The molecule has 0 atom stereocenters. The van der Waals surface area contributed by atoms with E-state index in [9.17, 15) is 9.59 Å². The van der Waals surface area contributed by atoms with E-state index in [1.807, 2.05) is 69.3 Å². The number of aryl methyl sites for hydroxylation is 3. The number of rotatable bonds is 8. The molecule has 2 amide bonds. The van der Waals surface area contributed by atoms with Gasteiger partial charge in [0.05, 0.1) is 17.9 Å². The summed E-state index contributed by atoms with van der Waals surface area (Å²) in [5.74, 6) is 0.334. The van der Waals surface area contributed by atoms with Gasteiger partial charge in [-0.05, 0) is 31.9 Å². The third kappa shape index (κ3) is 5.95. The van der Waals surface area contributed by atoms with E-state index in [0.717, 1.165) is 32.9 Å². The first-order chi connectivity index (χ1) is 16.8. The third-order valence-electron chi connectivity index (χ3n) is 5.41. The lowest BCUT2D eigenvalue weighted by atomic mass is 10.1. The van der Waals surface area contributed by atoms with Gasteiger partial charge in [-0.1, -0.05) is 60.3 Å². The van der Waals surface area contributed by atoms with E-state index in [0.29, 0.717) is 16.1 Å². The Balaban J connectivity index is 1.33. The molecule has 0 radical (unpaired) electrons. The number of para-hydroxylation sites is 1. The van der Waals surface area contributed by atoms with Gasteiger partial charge in [-0.25, -0.2) is 4.98 Å². The predicted molar refractivity (Wildman–Crippen MR) is 141 cm³/mol. The van der Waals surface area contributed by atoms with E-state index in [2.05, 4.69) is 25.8 Å². The van der Waals surface area contributed by atoms with Crippen molar-refractivity contribution in [2.24, 2.45) is 7.05 Å². The lowest BCUT2D eigenvalue weighted by Gasteiger charge is -2.11. The summed E-state index contributed by atoms with van der Waals surface area (Å²) in [4.78, 5) is 30.7. The maximum Gasteiger partial charge on any atom is 0.236 e. The molecule has 10 heteroatoms. The lowest BCUT2D eigenvalue weighted by Crippen LogP contribution is -2.18. The largest absolute Gasteiger partial charge is 0.325 e. The van der Waals surface area contributed by atoms with Gasteiger partial charge in [0.2, 0.25) is 11.8 Å². The maximum atomic E-state index is 12.6. The molecule has 8 nitrogen and oxygen atoms in total. The van der Waals surface area contributed by atoms with Gasteiger partial charge in [0, 0.05) is 23.2 Å². The van der Waals surface area contributed by atoms with Crippen LogP contribution in [0.1, 0.15) is 21.8 Å². The fourth-order valence-corrected chi connectivity index (χ4v) is 5.14. The smallest absolute Gasteiger partial charge is 0.236 e. The normalized spacial score (nSPS) is 10.9. The second-order valence-corrected chi connectivity index (χ2v) is 10.2. The van der Waals surface area contributed by atoms with Crippen LogP contribution in [0, 0.1) is 20.8 Å². The van der Waals surface area contributed by atoms with Crippen LogP contribution in [0.25, 0.3) is 11.3 Å². The van der Waals surface area contributed by atoms with Crippen molar-refractivity contribution in [3.8, 4) is 11.3 Å². The SMILES string of the molecule is Cc1cccc(C)c1NC(=O)Cc1nnc(SCC(=O)Nc2nc(-c3ccccc3)c(C)s2)n1C. The molecule has 2 heterocycles. The number of nitrogens with zero attached hydrogens (tertiary/aromatic N) is 4. The van der Waals surface area contributed by atoms with Gasteiger partial charge in [-0.15, -0.1) is 21.5 Å². The van der Waals surface area contributed by atoms with Crippen molar-refractivity contribution < 1.29 is 9.59 Å².